The molecule has 1 unspecified atom stereocenters. The third-order valence-electron chi connectivity index (χ3n) is 5.15. The number of allylic oxidation sites excluding steroid dienone is 2. The molecule has 0 saturated carbocycles. The van der Waals surface area contributed by atoms with Crippen LogP contribution in [0.5, 0.6) is 0 Å². The second kappa shape index (κ2) is 12.8. The summed E-state index contributed by atoms with van der Waals surface area (Å²) in [6.07, 6.45) is 5.41. The van der Waals surface area contributed by atoms with Crippen LogP contribution in [0.2, 0.25) is 0 Å². The first-order valence-corrected chi connectivity index (χ1v) is 11.0. The van der Waals surface area contributed by atoms with Gasteiger partial charge in [0, 0.05) is 18.7 Å². The number of benzene rings is 1. The predicted molar refractivity (Wildman–Crippen MR) is 126 cm³/mol. The van der Waals surface area contributed by atoms with Crippen molar-refractivity contribution in [2.24, 2.45) is 5.92 Å². The van der Waals surface area contributed by atoms with Crippen molar-refractivity contribution in [2.45, 2.75) is 66.5 Å². The zero-order chi connectivity index (χ0) is 22.7. The van der Waals surface area contributed by atoms with Gasteiger partial charge in [0.15, 0.2) is 0 Å². The number of nitrogens with zero attached hydrogens (tertiary/aromatic N) is 1. The minimum Gasteiger partial charge on any atom is -0.354 e. The average molecular weight is 411 g/mol. The summed E-state index contributed by atoms with van der Waals surface area (Å²) in [5, 5.41) is 3.02. The number of amides is 2. The molecular formula is C26H38N2O2. The maximum absolute atomic E-state index is 13.3. The number of aryl methyl sites for hydroxylation is 1. The topological polar surface area (TPSA) is 49.4 Å². The summed E-state index contributed by atoms with van der Waals surface area (Å²) in [7, 11) is 0. The molecule has 1 N–H and O–H groups in total. The molecule has 0 fully saturated rings. The van der Waals surface area contributed by atoms with E-state index in [1.807, 2.05) is 45.0 Å². The molecule has 0 radical (unpaired) electrons. The lowest BCUT2D eigenvalue weighted by Crippen LogP contribution is -2.49. The molecule has 30 heavy (non-hydrogen) atoms. The summed E-state index contributed by atoms with van der Waals surface area (Å²) in [6, 6.07) is 7.55. The molecule has 1 aliphatic heterocycles. The highest BCUT2D eigenvalue weighted by Gasteiger charge is 2.34. The van der Waals surface area contributed by atoms with E-state index in [0.717, 1.165) is 23.1 Å². The molecule has 0 bridgehead atoms. The van der Waals surface area contributed by atoms with E-state index >= 15 is 0 Å². The second-order valence-electron chi connectivity index (χ2n) is 7.79. The fourth-order valence-electron chi connectivity index (χ4n) is 3.39. The van der Waals surface area contributed by atoms with Crippen molar-refractivity contribution in [1.29, 1.82) is 0 Å². The van der Waals surface area contributed by atoms with Crippen LogP contribution in [0.1, 0.15) is 58.1 Å². The third kappa shape index (κ3) is 7.01. The van der Waals surface area contributed by atoms with Crippen molar-refractivity contribution in [3.63, 3.8) is 0 Å². The Balaban J connectivity index is 0.00000218. The second-order valence-corrected chi connectivity index (χ2v) is 7.79. The number of carbonyl (C=O) groups excluding carboxylic acids is 2. The van der Waals surface area contributed by atoms with Gasteiger partial charge >= 0.3 is 0 Å². The van der Waals surface area contributed by atoms with Crippen molar-refractivity contribution in [1.82, 2.24) is 10.2 Å². The fraction of sp³-hybridized carbons (Fsp3) is 0.462. The quantitative estimate of drug-likeness (QED) is 0.628. The van der Waals surface area contributed by atoms with E-state index in [1.165, 1.54) is 0 Å². The van der Waals surface area contributed by atoms with E-state index in [4.69, 9.17) is 0 Å². The van der Waals surface area contributed by atoms with Gasteiger partial charge in [-0.3, -0.25) is 9.59 Å². The van der Waals surface area contributed by atoms with E-state index in [1.54, 1.807) is 17.1 Å². The number of hydrogen-bond donors (Lipinski definition) is 1. The van der Waals surface area contributed by atoms with Gasteiger partial charge in [-0.15, -0.1) is 0 Å². The highest BCUT2D eigenvalue weighted by molar-refractivity contribution is 6.00. The van der Waals surface area contributed by atoms with Crippen LogP contribution >= 0.6 is 0 Å². The van der Waals surface area contributed by atoms with Gasteiger partial charge in [-0.25, -0.2) is 0 Å². The fourth-order valence-corrected chi connectivity index (χ4v) is 3.39. The highest BCUT2D eigenvalue weighted by atomic mass is 16.2. The van der Waals surface area contributed by atoms with Gasteiger partial charge in [0.2, 0.25) is 5.91 Å². The van der Waals surface area contributed by atoms with Gasteiger partial charge in [0.25, 0.3) is 5.91 Å². The zero-order valence-electron chi connectivity index (χ0n) is 19.3. The summed E-state index contributed by atoms with van der Waals surface area (Å²) in [4.78, 5) is 27.9. The van der Waals surface area contributed by atoms with Crippen LogP contribution in [0.25, 0.3) is 0 Å². The van der Waals surface area contributed by atoms with E-state index in [0.29, 0.717) is 37.4 Å². The Hall–Kier alpha value is -2.62. The SMILES string of the molecule is C=CC1=C(C=C)C(=O)N(Cc2ccc(C)cc2)C(C(=O)NCCC(C)C)CC1.CC. The van der Waals surface area contributed by atoms with Crippen molar-refractivity contribution >= 4 is 11.8 Å². The predicted octanol–water partition coefficient (Wildman–Crippen LogP) is 5.34. The molecule has 1 heterocycles. The lowest BCUT2D eigenvalue weighted by molar-refractivity contribution is -0.138. The Kier molecular flexibility index (Phi) is 10.9. The van der Waals surface area contributed by atoms with Gasteiger partial charge in [-0.05, 0) is 43.2 Å². The van der Waals surface area contributed by atoms with Crippen LogP contribution in [-0.2, 0) is 16.1 Å². The summed E-state index contributed by atoms with van der Waals surface area (Å²) >= 11 is 0. The Labute approximate surface area is 182 Å². The smallest absolute Gasteiger partial charge is 0.255 e. The molecule has 1 aromatic carbocycles. The Morgan fingerprint density at radius 1 is 1.20 bits per heavy atom. The molecule has 2 rings (SSSR count). The lowest BCUT2D eigenvalue weighted by Gasteiger charge is -2.30. The molecule has 1 atom stereocenters. The van der Waals surface area contributed by atoms with Gasteiger partial charge in [0.05, 0.1) is 0 Å². The van der Waals surface area contributed by atoms with Crippen molar-refractivity contribution in [3.05, 3.63) is 71.8 Å². The highest BCUT2D eigenvalue weighted by Crippen LogP contribution is 2.26. The molecular weight excluding hydrogens is 372 g/mol. The molecule has 0 saturated heterocycles. The summed E-state index contributed by atoms with van der Waals surface area (Å²) in [5.74, 6) is 0.267. The molecule has 4 heteroatoms. The number of carbonyl (C=O) groups is 2. The zero-order valence-corrected chi connectivity index (χ0v) is 19.3. The summed E-state index contributed by atoms with van der Waals surface area (Å²) in [5.41, 5.74) is 3.56. The first-order chi connectivity index (χ1) is 14.4. The van der Waals surface area contributed by atoms with Gasteiger partial charge in [0.1, 0.15) is 6.04 Å². The number of rotatable bonds is 8. The van der Waals surface area contributed by atoms with Crippen molar-refractivity contribution in [3.8, 4) is 0 Å². The molecule has 1 aliphatic rings. The molecule has 164 valence electrons. The van der Waals surface area contributed by atoms with Crippen LogP contribution in [0.4, 0.5) is 0 Å². The van der Waals surface area contributed by atoms with Gasteiger partial charge in [-0.2, -0.15) is 0 Å². The minimum absolute atomic E-state index is 0.0881. The molecule has 4 nitrogen and oxygen atoms in total. The number of nitrogens with one attached hydrogen (secondary N) is 1. The Morgan fingerprint density at radius 2 is 1.83 bits per heavy atom. The maximum atomic E-state index is 13.3. The third-order valence-corrected chi connectivity index (χ3v) is 5.15. The van der Waals surface area contributed by atoms with Gasteiger partial charge < -0.3 is 10.2 Å². The Morgan fingerprint density at radius 3 is 2.37 bits per heavy atom. The molecule has 0 aliphatic carbocycles. The van der Waals surface area contributed by atoms with E-state index in [2.05, 4.69) is 32.3 Å². The molecule has 0 spiro atoms. The maximum Gasteiger partial charge on any atom is 0.255 e. The van der Waals surface area contributed by atoms with Crippen molar-refractivity contribution in [2.75, 3.05) is 6.54 Å². The van der Waals surface area contributed by atoms with Crippen LogP contribution < -0.4 is 5.32 Å². The van der Waals surface area contributed by atoms with Crippen molar-refractivity contribution < 1.29 is 9.59 Å². The summed E-state index contributed by atoms with van der Waals surface area (Å²) < 4.78 is 0. The molecule has 1 aromatic rings. The lowest BCUT2D eigenvalue weighted by atomic mass is 10.0. The van der Waals surface area contributed by atoms with Crippen LogP contribution in [-0.4, -0.2) is 29.3 Å². The Bertz CT molecular complexity index is 760. The monoisotopic (exact) mass is 410 g/mol. The van der Waals surface area contributed by atoms with Gasteiger partial charge in [-0.1, -0.05) is 82.8 Å². The first-order valence-electron chi connectivity index (χ1n) is 11.0. The normalized spacial score (nSPS) is 16.5. The average Bonchev–Trinajstić information content (AvgIpc) is 2.87. The standard InChI is InChI=1S/C24H32N2O2.C2H6/c1-6-20-12-13-22(23(27)25-15-14-17(3)4)26(24(28)21(20)7-2)16-19-10-8-18(5)9-11-19;1-2/h6-11,17,22H,1-2,12-16H2,3-5H3,(H,25,27);1-2H3. The molecule has 0 aromatic heterocycles. The van der Waals surface area contributed by atoms with E-state index in [9.17, 15) is 9.59 Å². The minimum atomic E-state index is -0.506. The van der Waals surface area contributed by atoms with E-state index < -0.39 is 6.04 Å². The van der Waals surface area contributed by atoms with Crippen LogP contribution in [0, 0.1) is 12.8 Å². The summed E-state index contributed by atoms with van der Waals surface area (Å²) in [6.45, 7) is 18.9. The van der Waals surface area contributed by atoms with Crippen LogP contribution in [0.3, 0.4) is 0 Å². The first kappa shape index (κ1) is 25.4. The van der Waals surface area contributed by atoms with E-state index in [-0.39, 0.29) is 11.8 Å². The molecule has 2 amide bonds. The van der Waals surface area contributed by atoms with Crippen LogP contribution in [0.15, 0.2) is 60.7 Å². The number of hydrogen-bond acceptors (Lipinski definition) is 2. The largest absolute Gasteiger partial charge is 0.354 e.